The van der Waals surface area contributed by atoms with Gasteiger partial charge in [0.2, 0.25) is 0 Å². The maximum absolute atomic E-state index is 6.02. The van der Waals surface area contributed by atoms with Gasteiger partial charge in [-0.15, -0.1) is 0 Å². The van der Waals surface area contributed by atoms with Crippen LogP contribution in [0.5, 0.6) is 0 Å². The Kier molecular flexibility index (Phi) is 11.6. The molecule has 0 aromatic carbocycles. The summed E-state index contributed by atoms with van der Waals surface area (Å²) in [6.45, 7) is 12.8. The van der Waals surface area contributed by atoms with Crippen LogP contribution in [0.4, 0.5) is 0 Å². The van der Waals surface area contributed by atoms with Gasteiger partial charge in [-0.2, -0.15) is 0 Å². The predicted molar refractivity (Wildman–Crippen MR) is 79.0 cm³/mol. The largest absolute Gasteiger partial charge is 0.0843 e. The second-order valence-electron chi connectivity index (χ2n) is 5.28. The Morgan fingerprint density at radius 1 is 1.06 bits per heavy atom. The maximum Gasteiger partial charge on any atom is -0.0253 e. The summed E-state index contributed by atoms with van der Waals surface area (Å²) in [5.74, 6) is 0.739. The molecule has 0 aliphatic heterocycles. The van der Waals surface area contributed by atoms with Gasteiger partial charge < -0.3 is 0 Å². The lowest BCUT2D eigenvalue weighted by atomic mass is 9.95. The zero-order valence-electron chi connectivity index (χ0n) is 12.2. The van der Waals surface area contributed by atoms with Crippen molar-refractivity contribution in [2.45, 2.75) is 78.6 Å². The second kappa shape index (κ2) is 12.0. The van der Waals surface area contributed by atoms with E-state index in [-0.39, 0.29) is 0 Å². The molecule has 0 bridgehead atoms. The van der Waals surface area contributed by atoms with Crippen molar-refractivity contribution in [2.75, 3.05) is 0 Å². The van der Waals surface area contributed by atoms with Crippen LogP contribution in [0, 0.1) is 12.5 Å². The van der Waals surface area contributed by atoms with Crippen LogP contribution in [0.3, 0.4) is 0 Å². The Morgan fingerprint density at radius 3 is 2.41 bits per heavy atom. The highest BCUT2D eigenvalue weighted by molar-refractivity contribution is 5.12. The van der Waals surface area contributed by atoms with E-state index in [0.29, 0.717) is 0 Å². The highest BCUT2D eigenvalue weighted by atomic mass is 14.1. The number of hydrogen-bond acceptors (Lipinski definition) is 0. The Bertz CT molecular complexity index is 200. The number of rotatable bonds is 11. The fourth-order valence-electron chi connectivity index (χ4n) is 2.05. The summed E-state index contributed by atoms with van der Waals surface area (Å²) in [6.07, 6.45) is 15.9. The summed E-state index contributed by atoms with van der Waals surface area (Å²) in [6, 6.07) is 0. The summed E-state index contributed by atoms with van der Waals surface area (Å²) < 4.78 is 0. The molecule has 0 heterocycles. The van der Waals surface area contributed by atoms with Crippen molar-refractivity contribution in [3.05, 3.63) is 24.3 Å². The lowest BCUT2D eigenvalue weighted by molar-refractivity contribution is 0.488. The van der Waals surface area contributed by atoms with Crippen LogP contribution in [-0.4, -0.2) is 0 Å². The van der Waals surface area contributed by atoms with Gasteiger partial charge in [0.25, 0.3) is 0 Å². The standard InChI is InChI=1S/C17H31/c1-5-7-9-11-13-16(3)15-17(4)14-12-10-8-6-2/h3,11,13,17H,5-10,12,14-15H2,1-2,4H3. The van der Waals surface area contributed by atoms with Crippen LogP contribution in [0.25, 0.3) is 0 Å². The molecular formula is C17H31. The molecule has 0 amide bonds. The molecule has 0 fully saturated rings. The van der Waals surface area contributed by atoms with Crippen molar-refractivity contribution >= 4 is 0 Å². The van der Waals surface area contributed by atoms with Crippen LogP contribution in [0.1, 0.15) is 78.6 Å². The molecule has 0 spiro atoms. The summed E-state index contributed by atoms with van der Waals surface area (Å²) >= 11 is 0. The quantitative estimate of drug-likeness (QED) is 0.300. The van der Waals surface area contributed by atoms with E-state index in [4.69, 9.17) is 6.58 Å². The van der Waals surface area contributed by atoms with E-state index in [2.05, 4.69) is 32.9 Å². The average Bonchev–Trinajstić information content (AvgIpc) is 2.30. The second-order valence-corrected chi connectivity index (χ2v) is 5.28. The summed E-state index contributed by atoms with van der Waals surface area (Å²) in [5.41, 5.74) is 1.06. The van der Waals surface area contributed by atoms with Crippen molar-refractivity contribution in [3.8, 4) is 0 Å². The van der Waals surface area contributed by atoms with Crippen LogP contribution < -0.4 is 0 Å². The molecule has 99 valence electrons. The van der Waals surface area contributed by atoms with E-state index >= 15 is 0 Å². The van der Waals surface area contributed by atoms with Crippen molar-refractivity contribution in [3.63, 3.8) is 0 Å². The lowest BCUT2D eigenvalue weighted by Crippen LogP contribution is -1.95. The Labute approximate surface area is 109 Å². The molecule has 0 aliphatic carbocycles. The third-order valence-corrected chi connectivity index (χ3v) is 3.19. The lowest BCUT2D eigenvalue weighted by Gasteiger charge is -2.10. The predicted octanol–water partition coefficient (Wildman–Crippen LogP) is 6.09. The van der Waals surface area contributed by atoms with E-state index in [0.717, 1.165) is 17.9 Å². The smallest absolute Gasteiger partial charge is 0.0253 e. The van der Waals surface area contributed by atoms with Gasteiger partial charge in [0, 0.05) is 0 Å². The van der Waals surface area contributed by atoms with E-state index < -0.39 is 0 Å². The third kappa shape index (κ3) is 11.7. The third-order valence-electron chi connectivity index (χ3n) is 3.19. The van der Waals surface area contributed by atoms with Gasteiger partial charge in [0.1, 0.15) is 0 Å². The zero-order valence-corrected chi connectivity index (χ0v) is 12.2. The minimum atomic E-state index is 0.739. The van der Waals surface area contributed by atoms with Crippen LogP contribution >= 0.6 is 0 Å². The van der Waals surface area contributed by atoms with Crippen molar-refractivity contribution in [1.29, 1.82) is 0 Å². The highest BCUT2D eigenvalue weighted by Crippen LogP contribution is 2.18. The van der Waals surface area contributed by atoms with E-state index in [1.807, 2.05) is 0 Å². The molecule has 0 rings (SSSR count). The SMILES string of the molecule is [CH]=C(C=CCCCC)CC(C)CCCCCC. The average molecular weight is 235 g/mol. The first-order valence-electron chi connectivity index (χ1n) is 7.48. The fourth-order valence-corrected chi connectivity index (χ4v) is 2.05. The minimum absolute atomic E-state index is 0.739. The molecule has 0 saturated heterocycles. The first-order chi connectivity index (χ1) is 8.20. The summed E-state index contributed by atoms with van der Waals surface area (Å²) in [5, 5.41) is 0. The Balaban J connectivity index is 3.54. The van der Waals surface area contributed by atoms with E-state index in [1.165, 1.54) is 51.4 Å². The number of hydrogen-bond donors (Lipinski definition) is 0. The van der Waals surface area contributed by atoms with Crippen molar-refractivity contribution in [2.24, 2.45) is 5.92 Å². The van der Waals surface area contributed by atoms with Crippen molar-refractivity contribution in [1.82, 2.24) is 0 Å². The minimum Gasteiger partial charge on any atom is -0.0843 e. The van der Waals surface area contributed by atoms with Crippen LogP contribution in [0.2, 0.25) is 0 Å². The maximum atomic E-state index is 6.02. The molecule has 0 N–H and O–H groups in total. The molecule has 1 atom stereocenters. The molecule has 0 aromatic heterocycles. The fraction of sp³-hybridized carbons (Fsp3) is 0.765. The van der Waals surface area contributed by atoms with Gasteiger partial charge in [0.05, 0.1) is 0 Å². The molecular weight excluding hydrogens is 204 g/mol. The van der Waals surface area contributed by atoms with Gasteiger partial charge in [0.15, 0.2) is 0 Å². The van der Waals surface area contributed by atoms with Gasteiger partial charge in [-0.25, -0.2) is 0 Å². The summed E-state index contributed by atoms with van der Waals surface area (Å²) in [4.78, 5) is 0. The normalized spacial score (nSPS) is 13.1. The molecule has 0 heteroatoms. The number of allylic oxidation sites excluding steroid dienone is 3. The first kappa shape index (κ1) is 16.5. The Hall–Kier alpha value is -0.520. The van der Waals surface area contributed by atoms with Gasteiger partial charge in [-0.05, 0) is 24.3 Å². The van der Waals surface area contributed by atoms with Crippen LogP contribution in [0.15, 0.2) is 17.7 Å². The van der Waals surface area contributed by atoms with Crippen LogP contribution in [-0.2, 0) is 0 Å². The molecule has 17 heavy (non-hydrogen) atoms. The monoisotopic (exact) mass is 235 g/mol. The van der Waals surface area contributed by atoms with Gasteiger partial charge in [-0.3, -0.25) is 0 Å². The zero-order chi connectivity index (χ0) is 12.9. The van der Waals surface area contributed by atoms with Gasteiger partial charge >= 0.3 is 0 Å². The summed E-state index contributed by atoms with van der Waals surface area (Å²) in [7, 11) is 0. The van der Waals surface area contributed by atoms with E-state index in [1.54, 1.807) is 0 Å². The van der Waals surface area contributed by atoms with E-state index in [9.17, 15) is 0 Å². The molecule has 0 aliphatic rings. The highest BCUT2D eigenvalue weighted by Gasteiger charge is 2.02. The molecule has 0 saturated carbocycles. The molecule has 0 aromatic rings. The topological polar surface area (TPSA) is 0 Å². The van der Waals surface area contributed by atoms with Crippen molar-refractivity contribution < 1.29 is 0 Å². The molecule has 1 unspecified atom stereocenters. The van der Waals surface area contributed by atoms with Gasteiger partial charge in [-0.1, -0.05) is 84.4 Å². The first-order valence-corrected chi connectivity index (χ1v) is 7.48. The Morgan fingerprint density at radius 2 is 1.76 bits per heavy atom. The molecule has 1 radical (unpaired) electrons. The molecule has 0 nitrogen and oxygen atoms in total. The number of unbranched alkanes of at least 4 members (excludes halogenated alkanes) is 5.